The third-order valence-electron chi connectivity index (χ3n) is 4.03. The Morgan fingerprint density at radius 3 is 2.86 bits per heavy atom. The van der Waals surface area contributed by atoms with E-state index in [9.17, 15) is 4.39 Å². The van der Waals surface area contributed by atoms with Crippen LogP contribution in [0.5, 0.6) is 0 Å². The van der Waals surface area contributed by atoms with Crippen molar-refractivity contribution in [2.75, 3.05) is 19.6 Å². The molecule has 3 rings (SSSR count). The molecule has 1 saturated heterocycles. The van der Waals surface area contributed by atoms with E-state index in [2.05, 4.69) is 27.0 Å². The van der Waals surface area contributed by atoms with Gasteiger partial charge in [-0.25, -0.2) is 9.37 Å². The molecule has 112 valence electrons. The fourth-order valence-corrected chi connectivity index (χ4v) is 2.87. The number of piperidine rings is 1. The van der Waals surface area contributed by atoms with Crippen molar-refractivity contribution in [1.82, 2.24) is 20.1 Å². The molecular weight excluding hydrogens is 267 g/mol. The largest absolute Gasteiger partial charge is 0.303 e. The van der Waals surface area contributed by atoms with Crippen LogP contribution in [0.3, 0.4) is 0 Å². The first-order chi connectivity index (χ1) is 10.2. The Morgan fingerprint density at radius 1 is 1.29 bits per heavy atom. The zero-order chi connectivity index (χ0) is 14.7. The number of halogens is 1. The maximum atomic E-state index is 13.3. The highest BCUT2D eigenvalue weighted by Gasteiger charge is 2.17. The van der Waals surface area contributed by atoms with E-state index in [1.165, 1.54) is 44.5 Å². The van der Waals surface area contributed by atoms with Crippen molar-refractivity contribution in [2.45, 2.75) is 32.1 Å². The lowest BCUT2D eigenvalue weighted by Crippen LogP contribution is -2.33. The number of aromatic nitrogens is 3. The average Bonchev–Trinajstić information content (AvgIpc) is 2.98. The SMILES string of the molecule is C[C@@H](CN1CCCCC1)c1nc(-c2cccc(F)c2)n[nH]1. The summed E-state index contributed by atoms with van der Waals surface area (Å²) < 4.78 is 13.3. The molecule has 1 fully saturated rings. The summed E-state index contributed by atoms with van der Waals surface area (Å²) in [7, 11) is 0. The van der Waals surface area contributed by atoms with Gasteiger partial charge in [0.2, 0.25) is 0 Å². The second kappa shape index (κ2) is 6.35. The van der Waals surface area contributed by atoms with Gasteiger partial charge >= 0.3 is 0 Å². The van der Waals surface area contributed by atoms with Gasteiger partial charge in [0, 0.05) is 18.0 Å². The van der Waals surface area contributed by atoms with Crippen molar-refractivity contribution < 1.29 is 4.39 Å². The van der Waals surface area contributed by atoms with Gasteiger partial charge in [0.15, 0.2) is 5.82 Å². The van der Waals surface area contributed by atoms with Gasteiger partial charge in [0.05, 0.1) is 0 Å². The number of rotatable bonds is 4. The van der Waals surface area contributed by atoms with Crippen LogP contribution >= 0.6 is 0 Å². The third-order valence-corrected chi connectivity index (χ3v) is 4.03. The molecule has 0 bridgehead atoms. The normalized spacial score (nSPS) is 17.8. The van der Waals surface area contributed by atoms with Crippen LogP contribution in [0.15, 0.2) is 24.3 Å². The molecule has 1 aromatic carbocycles. The monoisotopic (exact) mass is 288 g/mol. The molecule has 1 N–H and O–H groups in total. The predicted octanol–water partition coefficient (Wildman–Crippen LogP) is 3.20. The number of hydrogen-bond acceptors (Lipinski definition) is 3. The maximum absolute atomic E-state index is 13.3. The summed E-state index contributed by atoms with van der Waals surface area (Å²) in [6.45, 7) is 5.51. The first-order valence-corrected chi connectivity index (χ1v) is 7.63. The zero-order valence-electron chi connectivity index (χ0n) is 12.3. The van der Waals surface area contributed by atoms with E-state index in [1.807, 2.05) is 6.07 Å². The molecule has 2 heterocycles. The molecule has 0 aliphatic carbocycles. The fraction of sp³-hybridized carbons (Fsp3) is 0.500. The molecule has 0 unspecified atom stereocenters. The van der Waals surface area contributed by atoms with E-state index in [0.717, 1.165) is 12.4 Å². The van der Waals surface area contributed by atoms with Gasteiger partial charge in [0.25, 0.3) is 0 Å². The summed E-state index contributed by atoms with van der Waals surface area (Å²) >= 11 is 0. The third kappa shape index (κ3) is 3.47. The Hall–Kier alpha value is -1.75. The number of likely N-dealkylation sites (tertiary alicyclic amines) is 1. The Labute approximate surface area is 124 Å². The lowest BCUT2D eigenvalue weighted by Gasteiger charge is -2.28. The van der Waals surface area contributed by atoms with Gasteiger partial charge in [-0.05, 0) is 38.1 Å². The van der Waals surface area contributed by atoms with Crippen LogP contribution in [0.1, 0.15) is 37.9 Å². The minimum absolute atomic E-state index is 0.264. The number of aromatic amines is 1. The van der Waals surface area contributed by atoms with Crippen LogP contribution in [-0.4, -0.2) is 39.7 Å². The minimum atomic E-state index is -0.264. The smallest absolute Gasteiger partial charge is 0.181 e. The Morgan fingerprint density at radius 2 is 2.10 bits per heavy atom. The second-order valence-electron chi connectivity index (χ2n) is 5.82. The summed E-state index contributed by atoms with van der Waals surface area (Å²) in [5.41, 5.74) is 0.711. The van der Waals surface area contributed by atoms with Crippen molar-refractivity contribution in [3.05, 3.63) is 35.9 Å². The topological polar surface area (TPSA) is 44.8 Å². The van der Waals surface area contributed by atoms with Crippen LogP contribution in [0.25, 0.3) is 11.4 Å². The maximum Gasteiger partial charge on any atom is 0.181 e. The molecule has 1 aliphatic rings. The van der Waals surface area contributed by atoms with Gasteiger partial charge in [-0.1, -0.05) is 25.5 Å². The quantitative estimate of drug-likeness (QED) is 0.939. The predicted molar refractivity (Wildman–Crippen MR) is 80.5 cm³/mol. The second-order valence-corrected chi connectivity index (χ2v) is 5.82. The molecule has 0 spiro atoms. The van der Waals surface area contributed by atoms with Gasteiger partial charge in [-0.15, -0.1) is 0 Å². The van der Waals surface area contributed by atoms with Crippen LogP contribution in [0.4, 0.5) is 4.39 Å². The molecule has 1 aromatic heterocycles. The van der Waals surface area contributed by atoms with Gasteiger partial charge < -0.3 is 4.90 Å². The number of nitrogens with one attached hydrogen (secondary N) is 1. The highest BCUT2D eigenvalue weighted by atomic mass is 19.1. The van der Waals surface area contributed by atoms with Crippen molar-refractivity contribution in [2.24, 2.45) is 0 Å². The molecule has 0 radical (unpaired) electrons. The van der Waals surface area contributed by atoms with E-state index in [1.54, 1.807) is 6.07 Å². The highest BCUT2D eigenvalue weighted by Crippen LogP contribution is 2.20. The molecule has 1 atom stereocenters. The standard InChI is InChI=1S/C16H21FN4/c1-12(11-21-8-3-2-4-9-21)15-18-16(20-19-15)13-6-5-7-14(17)10-13/h5-7,10,12H,2-4,8-9,11H2,1H3,(H,18,19,20)/t12-/m0/s1. The number of benzene rings is 1. The average molecular weight is 288 g/mol. The van der Waals surface area contributed by atoms with E-state index >= 15 is 0 Å². The number of hydrogen-bond donors (Lipinski definition) is 1. The van der Waals surface area contributed by atoms with Gasteiger partial charge in [-0.2, -0.15) is 5.10 Å². The molecule has 0 saturated carbocycles. The summed E-state index contributed by atoms with van der Waals surface area (Å²) in [6, 6.07) is 6.39. The van der Waals surface area contributed by atoms with E-state index in [-0.39, 0.29) is 5.82 Å². The van der Waals surface area contributed by atoms with Crippen LogP contribution in [0, 0.1) is 5.82 Å². The lowest BCUT2D eigenvalue weighted by molar-refractivity contribution is 0.217. The van der Waals surface area contributed by atoms with Crippen molar-refractivity contribution in [3.8, 4) is 11.4 Å². The van der Waals surface area contributed by atoms with Crippen molar-refractivity contribution >= 4 is 0 Å². The molecular formula is C16H21FN4. The van der Waals surface area contributed by atoms with E-state index in [4.69, 9.17) is 0 Å². The summed E-state index contributed by atoms with van der Waals surface area (Å²) in [6.07, 6.45) is 3.92. The molecule has 1 aliphatic heterocycles. The van der Waals surface area contributed by atoms with Crippen molar-refractivity contribution in [1.29, 1.82) is 0 Å². The first kappa shape index (κ1) is 14.2. The fourth-order valence-electron chi connectivity index (χ4n) is 2.87. The Kier molecular flexibility index (Phi) is 4.29. The van der Waals surface area contributed by atoms with Crippen molar-refractivity contribution in [3.63, 3.8) is 0 Å². The molecule has 2 aromatic rings. The Balaban J connectivity index is 1.69. The van der Waals surface area contributed by atoms with Crippen LogP contribution < -0.4 is 0 Å². The van der Waals surface area contributed by atoms with Crippen LogP contribution in [-0.2, 0) is 0 Å². The highest BCUT2D eigenvalue weighted by molar-refractivity contribution is 5.54. The molecule has 4 nitrogen and oxygen atoms in total. The van der Waals surface area contributed by atoms with E-state index in [0.29, 0.717) is 17.3 Å². The summed E-state index contributed by atoms with van der Waals surface area (Å²) in [5.74, 6) is 1.48. The molecule has 21 heavy (non-hydrogen) atoms. The summed E-state index contributed by atoms with van der Waals surface area (Å²) in [5, 5.41) is 7.22. The molecule has 5 heteroatoms. The minimum Gasteiger partial charge on any atom is -0.303 e. The summed E-state index contributed by atoms with van der Waals surface area (Å²) in [4.78, 5) is 7.01. The van der Waals surface area contributed by atoms with Gasteiger partial charge in [-0.3, -0.25) is 5.10 Å². The van der Waals surface area contributed by atoms with Gasteiger partial charge in [0.1, 0.15) is 11.6 Å². The van der Waals surface area contributed by atoms with Crippen LogP contribution in [0.2, 0.25) is 0 Å². The zero-order valence-corrected chi connectivity index (χ0v) is 12.3. The number of nitrogens with zero attached hydrogens (tertiary/aromatic N) is 3. The Bertz CT molecular complexity index is 589. The number of H-pyrrole nitrogens is 1. The van der Waals surface area contributed by atoms with E-state index < -0.39 is 0 Å². The first-order valence-electron chi connectivity index (χ1n) is 7.63. The molecule has 0 amide bonds. The lowest BCUT2D eigenvalue weighted by atomic mass is 10.1.